The van der Waals surface area contributed by atoms with E-state index in [1.165, 1.54) is 25.1 Å². The maximum atomic E-state index is 10.8. The molecule has 0 radical (unpaired) electrons. The average molecular weight is 244 g/mol. The average Bonchev–Trinajstić information content (AvgIpc) is 2.72. The van der Waals surface area contributed by atoms with Crippen LogP contribution in [0.1, 0.15) is 22.5 Å². The van der Waals surface area contributed by atoms with Gasteiger partial charge >= 0.3 is 11.9 Å². The summed E-state index contributed by atoms with van der Waals surface area (Å²) in [4.78, 5) is 21.5. The summed E-state index contributed by atoms with van der Waals surface area (Å²) in [5, 5.41) is 8.76. The third-order valence-electron chi connectivity index (χ3n) is 1.88. The topological polar surface area (TPSA) is 76.7 Å². The monoisotopic (exact) mass is 244 g/mol. The molecule has 0 aliphatic heterocycles. The Morgan fingerprint density at radius 3 is 2.94 bits per heavy atom. The molecule has 0 saturated carbocycles. The van der Waals surface area contributed by atoms with Crippen molar-refractivity contribution in [3.63, 3.8) is 0 Å². The van der Waals surface area contributed by atoms with Crippen molar-refractivity contribution < 1.29 is 23.8 Å². The number of furan rings is 1. The number of esters is 1. The van der Waals surface area contributed by atoms with E-state index in [1.54, 1.807) is 6.07 Å². The van der Waals surface area contributed by atoms with Gasteiger partial charge in [-0.1, -0.05) is 0 Å². The number of thioether (sulfide) groups is 1. The molecular formula is C10H12O5S. The van der Waals surface area contributed by atoms with Gasteiger partial charge in [0.2, 0.25) is 5.76 Å². The molecule has 1 heterocycles. The van der Waals surface area contributed by atoms with Crippen LogP contribution in [0.2, 0.25) is 0 Å². The van der Waals surface area contributed by atoms with Crippen molar-refractivity contribution in [2.75, 3.05) is 12.9 Å². The first-order valence-electron chi connectivity index (χ1n) is 4.59. The van der Waals surface area contributed by atoms with Crippen molar-refractivity contribution in [3.8, 4) is 0 Å². The number of methoxy groups -OCH3 is 1. The predicted molar refractivity (Wildman–Crippen MR) is 58.5 cm³/mol. The molecule has 1 N–H and O–H groups in total. The van der Waals surface area contributed by atoms with Gasteiger partial charge in [0.25, 0.3) is 0 Å². The summed E-state index contributed by atoms with van der Waals surface area (Å²) < 4.78 is 9.31. The van der Waals surface area contributed by atoms with E-state index in [4.69, 9.17) is 9.52 Å². The van der Waals surface area contributed by atoms with Crippen molar-refractivity contribution >= 4 is 23.7 Å². The van der Waals surface area contributed by atoms with Crippen LogP contribution in [-0.2, 0) is 15.3 Å². The number of carbonyl (C=O) groups excluding carboxylic acids is 1. The lowest BCUT2D eigenvalue weighted by Crippen LogP contribution is -2.02. The highest BCUT2D eigenvalue weighted by molar-refractivity contribution is 7.98. The first-order valence-corrected chi connectivity index (χ1v) is 5.75. The lowest BCUT2D eigenvalue weighted by Gasteiger charge is -2.00. The second-order valence-electron chi connectivity index (χ2n) is 2.96. The fourth-order valence-electron chi connectivity index (χ4n) is 1.08. The Hall–Kier alpha value is -1.43. The van der Waals surface area contributed by atoms with Gasteiger partial charge in [-0.05, 0) is 6.07 Å². The molecular weight excluding hydrogens is 232 g/mol. The number of ether oxygens (including phenoxy) is 1. The second-order valence-corrected chi connectivity index (χ2v) is 4.06. The zero-order valence-electron chi connectivity index (χ0n) is 8.76. The Kier molecular flexibility index (Phi) is 4.91. The predicted octanol–water partition coefficient (Wildman–Crippen LogP) is 1.77. The van der Waals surface area contributed by atoms with Gasteiger partial charge in [-0.2, -0.15) is 11.8 Å². The van der Waals surface area contributed by atoms with Crippen molar-refractivity contribution in [2.45, 2.75) is 12.2 Å². The van der Waals surface area contributed by atoms with Crippen molar-refractivity contribution in [1.82, 2.24) is 0 Å². The van der Waals surface area contributed by atoms with Crippen molar-refractivity contribution in [2.24, 2.45) is 0 Å². The van der Waals surface area contributed by atoms with Gasteiger partial charge in [0.05, 0.1) is 19.8 Å². The summed E-state index contributed by atoms with van der Waals surface area (Å²) in [6.07, 6.45) is 1.67. The lowest BCUT2D eigenvalue weighted by atomic mass is 10.3. The maximum absolute atomic E-state index is 10.8. The molecule has 5 nitrogen and oxygen atoms in total. The zero-order valence-corrected chi connectivity index (χ0v) is 9.58. The second kappa shape index (κ2) is 6.22. The molecule has 1 aromatic rings. The lowest BCUT2D eigenvalue weighted by molar-refractivity contribution is -0.140. The van der Waals surface area contributed by atoms with E-state index >= 15 is 0 Å². The first kappa shape index (κ1) is 12.6. The van der Waals surface area contributed by atoms with Crippen LogP contribution in [0, 0.1) is 0 Å². The van der Waals surface area contributed by atoms with Gasteiger partial charge in [-0.3, -0.25) is 4.79 Å². The smallest absolute Gasteiger partial charge is 0.372 e. The van der Waals surface area contributed by atoms with Gasteiger partial charge in [0.1, 0.15) is 0 Å². The minimum Gasteiger partial charge on any atom is -0.475 e. The summed E-state index contributed by atoms with van der Waals surface area (Å²) >= 11 is 1.46. The van der Waals surface area contributed by atoms with Gasteiger partial charge in [-0.25, -0.2) is 4.79 Å². The molecule has 0 aromatic carbocycles. The Labute approximate surface area is 96.8 Å². The van der Waals surface area contributed by atoms with Crippen LogP contribution < -0.4 is 0 Å². The third-order valence-corrected chi connectivity index (χ3v) is 2.88. The van der Waals surface area contributed by atoms with Gasteiger partial charge in [-0.15, -0.1) is 0 Å². The molecule has 0 bridgehead atoms. The summed E-state index contributed by atoms with van der Waals surface area (Å²) in [6.45, 7) is 0. The minimum atomic E-state index is -1.08. The van der Waals surface area contributed by atoms with E-state index < -0.39 is 5.97 Å². The molecule has 0 aliphatic carbocycles. The zero-order chi connectivity index (χ0) is 12.0. The Morgan fingerprint density at radius 2 is 2.31 bits per heavy atom. The van der Waals surface area contributed by atoms with Crippen LogP contribution in [0.4, 0.5) is 0 Å². The molecule has 6 heteroatoms. The molecule has 0 atom stereocenters. The molecule has 0 aliphatic rings. The number of hydrogen-bond acceptors (Lipinski definition) is 5. The number of carbonyl (C=O) groups is 2. The van der Waals surface area contributed by atoms with E-state index in [2.05, 4.69) is 4.74 Å². The Morgan fingerprint density at radius 1 is 1.56 bits per heavy atom. The fraction of sp³-hybridized carbons (Fsp3) is 0.400. The van der Waals surface area contributed by atoms with Gasteiger partial charge in [0, 0.05) is 17.1 Å². The van der Waals surface area contributed by atoms with E-state index in [0.717, 1.165) is 0 Å². The van der Waals surface area contributed by atoms with Crippen LogP contribution in [-0.4, -0.2) is 29.9 Å². The van der Waals surface area contributed by atoms with Gasteiger partial charge < -0.3 is 14.3 Å². The Balaban J connectivity index is 2.34. The molecule has 0 fully saturated rings. The molecule has 0 saturated heterocycles. The number of carboxylic acid groups (broad SMARTS) is 1. The molecule has 1 rings (SSSR count). The highest BCUT2D eigenvalue weighted by atomic mass is 32.2. The normalized spacial score (nSPS) is 10.1. The van der Waals surface area contributed by atoms with Crippen LogP contribution in [0.15, 0.2) is 16.7 Å². The van der Waals surface area contributed by atoms with Crippen molar-refractivity contribution in [1.29, 1.82) is 0 Å². The summed E-state index contributed by atoms with van der Waals surface area (Å²) in [5.74, 6) is -0.274. The SMILES string of the molecule is COC(=O)CCSCc1ccoc1C(=O)O. The molecule has 1 aromatic heterocycles. The van der Waals surface area contributed by atoms with Crippen LogP contribution in [0.3, 0.4) is 0 Å². The van der Waals surface area contributed by atoms with Crippen LogP contribution in [0.5, 0.6) is 0 Å². The Bertz CT molecular complexity index is 371. The molecule has 0 spiro atoms. The molecule has 88 valence electrons. The fourth-order valence-corrected chi connectivity index (χ4v) is 1.98. The molecule has 0 amide bonds. The van der Waals surface area contributed by atoms with Gasteiger partial charge in [0.15, 0.2) is 0 Å². The number of rotatable bonds is 6. The summed E-state index contributed by atoms with van der Waals surface area (Å²) in [5.41, 5.74) is 0.627. The molecule has 16 heavy (non-hydrogen) atoms. The summed E-state index contributed by atoms with van der Waals surface area (Å²) in [6, 6.07) is 1.62. The van der Waals surface area contributed by atoms with E-state index in [0.29, 0.717) is 23.5 Å². The quantitative estimate of drug-likeness (QED) is 0.607. The number of aromatic carboxylic acids is 1. The highest BCUT2D eigenvalue weighted by Gasteiger charge is 2.13. The standard InChI is InChI=1S/C10H12O5S/c1-14-8(11)3-5-16-6-7-2-4-15-9(7)10(12)13/h2,4H,3,5-6H2,1H3,(H,12,13). The van der Waals surface area contributed by atoms with E-state index in [-0.39, 0.29) is 11.7 Å². The maximum Gasteiger partial charge on any atom is 0.372 e. The van der Waals surface area contributed by atoms with E-state index in [9.17, 15) is 9.59 Å². The first-order chi connectivity index (χ1) is 7.65. The summed E-state index contributed by atoms with van der Waals surface area (Å²) in [7, 11) is 1.34. The highest BCUT2D eigenvalue weighted by Crippen LogP contribution is 2.18. The molecule has 0 unspecified atom stereocenters. The largest absolute Gasteiger partial charge is 0.475 e. The van der Waals surface area contributed by atoms with Crippen LogP contribution >= 0.6 is 11.8 Å². The number of hydrogen-bond donors (Lipinski definition) is 1. The van der Waals surface area contributed by atoms with E-state index in [1.807, 2.05) is 0 Å². The number of carboxylic acids is 1. The minimum absolute atomic E-state index is 0.0365. The van der Waals surface area contributed by atoms with Crippen LogP contribution in [0.25, 0.3) is 0 Å². The third kappa shape index (κ3) is 3.62. The van der Waals surface area contributed by atoms with Crippen molar-refractivity contribution in [3.05, 3.63) is 23.7 Å².